The number of nitrogens with two attached hydrogens (primary N) is 1. The molecule has 2 unspecified atom stereocenters. The molecule has 5 aliphatic rings. The predicted octanol–water partition coefficient (Wildman–Crippen LogP) is 4.68. The molecular formula is C28H41N5O. The van der Waals surface area contributed by atoms with Gasteiger partial charge in [-0.05, 0) is 68.9 Å². The quantitative estimate of drug-likeness (QED) is 0.673. The lowest BCUT2D eigenvalue weighted by Gasteiger charge is -2.56. The molecule has 2 aromatic rings. The van der Waals surface area contributed by atoms with E-state index >= 15 is 0 Å². The van der Waals surface area contributed by atoms with Gasteiger partial charge in [0, 0.05) is 37.3 Å². The molecule has 3 heterocycles. The zero-order valence-corrected chi connectivity index (χ0v) is 20.5. The number of fused-ring (bicyclic) bond motifs is 9. The van der Waals surface area contributed by atoms with E-state index in [1.165, 1.54) is 64.2 Å². The summed E-state index contributed by atoms with van der Waals surface area (Å²) in [5.74, 6) is 2.30. The molecule has 2 saturated heterocycles. The van der Waals surface area contributed by atoms with Crippen LogP contribution in [0.1, 0.15) is 83.1 Å². The number of rotatable bonds is 5. The summed E-state index contributed by atoms with van der Waals surface area (Å²) in [6, 6.07) is 10.4. The van der Waals surface area contributed by atoms with Crippen molar-refractivity contribution in [1.29, 1.82) is 0 Å². The minimum Gasteiger partial charge on any atom is -0.364 e. The van der Waals surface area contributed by atoms with E-state index in [-0.39, 0.29) is 11.6 Å². The van der Waals surface area contributed by atoms with E-state index in [0.29, 0.717) is 31.0 Å². The summed E-state index contributed by atoms with van der Waals surface area (Å²) in [4.78, 5) is 21.3. The maximum Gasteiger partial charge on any atom is 0.294 e. The minimum absolute atomic E-state index is 0.0219. The SMILES string of the molecule is NCCNc1nc2ccccc2n(C2C[C@H]3CCC[C@@H](C2)N3[C@@H]2C[C@H]3CCCCC2CC3)c1=O. The highest BCUT2D eigenvalue weighted by Gasteiger charge is 2.46. The van der Waals surface area contributed by atoms with Crippen LogP contribution in [0.5, 0.6) is 0 Å². The van der Waals surface area contributed by atoms with E-state index in [1.54, 1.807) is 0 Å². The van der Waals surface area contributed by atoms with Crippen molar-refractivity contribution in [3.63, 3.8) is 0 Å². The first kappa shape index (κ1) is 22.5. The van der Waals surface area contributed by atoms with Gasteiger partial charge in [0.15, 0.2) is 5.82 Å². The van der Waals surface area contributed by atoms with Crippen LogP contribution in [-0.4, -0.2) is 45.7 Å². The molecule has 7 rings (SSSR count). The third-order valence-corrected chi connectivity index (χ3v) is 9.49. The largest absolute Gasteiger partial charge is 0.364 e. The second-order valence-electron chi connectivity index (χ2n) is 11.4. The van der Waals surface area contributed by atoms with Crippen LogP contribution in [-0.2, 0) is 0 Å². The third kappa shape index (κ3) is 4.07. The second-order valence-corrected chi connectivity index (χ2v) is 11.4. The molecule has 3 aliphatic carbocycles. The third-order valence-electron chi connectivity index (χ3n) is 9.49. The van der Waals surface area contributed by atoms with Gasteiger partial charge in [-0.2, -0.15) is 0 Å². The van der Waals surface area contributed by atoms with Crippen molar-refractivity contribution in [3.8, 4) is 0 Å². The number of benzene rings is 1. The Morgan fingerprint density at radius 1 is 0.912 bits per heavy atom. The normalized spacial score (nSPS) is 34.0. The Morgan fingerprint density at radius 3 is 2.53 bits per heavy atom. The Hall–Kier alpha value is -1.92. The summed E-state index contributed by atoms with van der Waals surface area (Å²) in [6.07, 6.45) is 16.2. The van der Waals surface area contributed by atoms with Gasteiger partial charge in [-0.15, -0.1) is 0 Å². The van der Waals surface area contributed by atoms with Crippen LogP contribution < -0.4 is 16.6 Å². The molecule has 6 nitrogen and oxygen atoms in total. The Balaban J connectivity index is 1.33. The van der Waals surface area contributed by atoms with E-state index < -0.39 is 0 Å². The zero-order valence-electron chi connectivity index (χ0n) is 20.5. The number of hydrogen-bond donors (Lipinski definition) is 2. The summed E-state index contributed by atoms with van der Waals surface area (Å²) in [5.41, 5.74) is 7.61. The van der Waals surface area contributed by atoms with Crippen LogP contribution >= 0.6 is 0 Å². The van der Waals surface area contributed by atoms with Gasteiger partial charge in [0.25, 0.3) is 5.56 Å². The van der Waals surface area contributed by atoms with Crippen LogP contribution in [0.3, 0.4) is 0 Å². The zero-order chi connectivity index (χ0) is 23.1. The fraction of sp³-hybridized carbons (Fsp3) is 0.714. The highest BCUT2D eigenvalue weighted by atomic mass is 16.1. The Morgan fingerprint density at radius 2 is 1.71 bits per heavy atom. The predicted molar refractivity (Wildman–Crippen MR) is 138 cm³/mol. The summed E-state index contributed by atoms with van der Waals surface area (Å²) >= 11 is 0. The highest BCUT2D eigenvalue weighted by molar-refractivity contribution is 5.76. The molecule has 6 heteroatoms. The molecule has 2 aliphatic heterocycles. The minimum atomic E-state index is 0.0219. The summed E-state index contributed by atoms with van der Waals surface area (Å²) in [5, 5.41) is 3.20. The molecule has 34 heavy (non-hydrogen) atoms. The van der Waals surface area contributed by atoms with E-state index in [9.17, 15) is 4.79 Å². The van der Waals surface area contributed by atoms with Crippen LogP contribution in [0.4, 0.5) is 5.82 Å². The molecule has 0 amide bonds. The average molecular weight is 464 g/mol. The molecule has 5 fully saturated rings. The van der Waals surface area contributed by atoms with Gasteiger partial charge in [0.2, 0.25) is 0 Å². The van der Waals surface area contributed by atoms with Gasteiger partial charge in [-0.1, -0.05) is 44.2 Å². The van der Waals surface area contributed by atoms with Crippen LogP contribution in [0.15, 0.2) is 29.1 Å². The van der Waals surface area contributed by atoms with Gasteiger partial charge in [0.05, 0.1) is 11.0 Å². The molecule has 184 valence electrons. The van der Waals surface area contributed by atoms with Crippen molar-refractivity contribution in [2.75, 3.05) is 18.4 Å². The highest BCUT2D eigenvalue weighted by Crippen LogP contribution is 2.47. The second kappa shape index (κ2) is 9.62. The van der Waals surface area contributed by atoms with Crippen molar-refractivity contribution in [3.05, 3.63) is 34.6 Å². The molecule has 4 bridgehead atoms. The number of nitrogens with zero attached hydrogens (tertiary/aromatic N) is 3. The first-order valence-corrected chi connectivity index (χ1v) is 14.0. The van der Waals surface area contributed by atoms with Crippen molar-refractivity contribution in [2.45, 2.75) is 101 Å². The topological polar surface area (TPSA) is 76.2 Å². The first-order chi connectivity index (χ1) is 16.7. The van der Waals surface area contributed by atoms with Gasteiger partial charge >= 0.3 is 0 Å². The average Bonchev–Trinajstić information content (AvgIpc) is 2.82. The number of anilines is 1. The fourth-order valence-corrected chi connectivity index (χ4v) is 8.06. The smallest absolute Gasteiger partial charge is 0.294 e. The molecule has 0 spiro atoms. The number of nitrogens with one attached hydrogen (secondary N) is 1. The van der Waals surface area contributed by atoms with Gasteiger partial charge in [0.1, 0.15) is 0 Å². The Labute approximate surface area is 203 Å². The number of aromatic nitrogens is 2. The molecule has 3 saturated carbocycles. The van der Waals surface area contributed by atoms with Crippen LogP contribution in [0, 0.1) is 11.8 Å². The van der Waals surface area contributed by atoms with E-state index in [2.05, 4.69) is 25.8 Å². The van der Waals surface area contributed by atoms with Crippen molar-refractivity contribution in [2.24, 2.45) is 17.6 Å². The number of hydrogen-bond acceptors (Lipinski definition) is 5. The summed E-state index contributed by atoms with van der Waals surface area (Å²) in [7, 11) is 0. The number of piperidine rings is 2. The first-order valence-electron chi connectivity index (χ1n) is 14.0. The Bertz CT molecular complexity index is 1050. The lowest BCUT2D eigenvalue weighted by Crippen LogP contribution is -2.60. The number of para-hydroxylation sites is 2. The van der Waals surface area contributed by atoms with Gasteiger partial charge in [-0.3, -0.25) is 9.69 Å². The molecular weight excluding hydrogens is 422 g/mol. The summed E-state index contributed by atoms with van der Waals surface area (Å²) < 4.78 is 2.09. The molecule has 1 aromatic carbocycles. The van der Waals surface area contributed by atoms with E-state index in [4.69, 9.17) is 5.73 Å². The lowest BCUT2D eigenvalue weighted by atomic mass is 9.69. The monoisotopic (exact) mass is 463 g/mol. The molecule has 1 aromatic heterocycles. The lowest BCUT2D eigenvalue weighted by molar-refractivity contribution is -0.0603. The van der Waals surface area contributed by atoms with Crippen molar-refractivity contribution in [1.82, 2.24) is 14.5 Å². The van der Waals surface area contributed by atoms with Crippen molar-refractivity contribution >= 4 is 16.9 Å². The van der Waals surface area contributed by atoms with Crippen LogP contribution in [0.2, 0.25) is 0 Å². The Kier molecular flexibility index (Phi) is 6.37. The van der Waals surface area contributed by atoms with Gasteiger partial charge in [-0.25, -0.2) is 4.98 Å². The van der Waals surface area contributed by atoms with Crippen LogP contribution in [0.25, 0.3) is 11.0 Å². The molecule has 0 radical (unpaired) electrons. The van der Waals surface area contributed by atoms with Gasteiger partial charge < -0.3 is 15.6 Å². The molecule has 3 N–H and O–H groups in total. The van der Waals surface area contributed by atoms with E-state index in [0.717, 1.165) is 41.8 Å². The van der Waals surface area contributed by atoms with E-state index in [1.807, 2.05) is 18.2 Å². The standard InChI is InChI=1S/C28H41N5O/c29-14-15-30-27-28(34)33(25-11-4-3-10-24(25)31-27)23-17-21-8-5-9-22(18-23)32(21)26-16-19-6-1-2-7-20(26)13-12-19/h3-4,10-11,19-23,26H,1-2,5-9,12-18,29H2,(H,30,31)/t19-,20?,21-,22+,23?,26+/m0/s1. The maximum atomic E-state index is 13.7. The summed E-state index contributed by atoms with van der Waals surface area (Å²) in [6.45, 7) is 1.05. The molecule has 6 atom stereocenters. The maximum absolute atomic E-state index is 13.7. The van der Waals surface area contributed by atoms with Crippen molar-refractivity contribution < 1.29 is 0 Å². The fourth-order valence-electron chi connectivity index (χ4n) is 8.06.